The van der Waals surface area contributed by atoms with E-state index in [0.29, 0.717) is 10.7 Å². The maximum absolute atomic E-state index is 15.3. The largest absolute Gasteiger partial charge is 0.358 e. The Labute approximate surface area is 153 Å². The van der Waals surface area contributed by atoms with Crippen LogP contribution in [-0.4, -0.2) is 23.3 Å². The minimum atomic E-state index is -0.735. The van der Waals surface area contributed by atoms with Crippen molar-refractivity contribution in [3.05, 3.63) is 71.5 Å². The van der Waals surface area contributed by atoms with Crippen LogP contribution in [0.15, 0.2) is 59.9 Å². The van der Waals surface area contributed by atoms with E-state index in [1.807, 2.05) is 6.07 Å². The molecule has 132 valence electrons. The van der Waals surface area contributed by atoms with Gasteiger partial charge in [-0.25, -0.2) is 13.8 Å². The van der Waals surface area contributed by atoms with Gasteiger partial charge in [0, 0.05) is 24.9 Å². The van der Waals surface area contributed by atoms with Crippen molar-refractivity contribution in [2.45, 2.75) is 6.23 Å². The van der Waals surface area contributed by atoms with Gasteiger partial charge < -0.3 is 14.6 Å². The van der Waals surface area contributed by atoms with E-state index in [1.54, 1.807) is 30.5 Å². The lowest BCUT2D eigenvalue weighted by atomic mass is 10.1. The number of nitrogens with zero attached hydrogens (tertiary/aromatic N) is 2. The number of rotatable bonds is 3. The summed E-state index contributed by atoms with van der Waals surface area (Å²) in [4.78, 5) is 8.78. The van der Waals surface area contributed by atoms with Gasteiger partial charge in [0.2, 0.25) is 0 Å². The zero-order valence-electron chi connectivity index (χ0n) is 13.7. The molecule has 1 aliphatic heterocycles. The van der Waals surface area contributed by atoms with Crippen molar-refractivity contribution < 1.29 is 13.5 Å². The highest BCUT2D eigenvalue weighted by Crippen LogP contribution is 2.35. The van der Waals surface area contributed by atoms with E-state index in [-0.39, 0.29) is 16.9 Å². The van der Waals surface area contributed by atoms with Crippen LogP contribution in [0.3, 0.4) is 0 Å². The monoisotopic (exact) mass is 373 g/mol. The minimum absolute atomic E-state index is 0.143. The third-order valence-electron chi connectivity index (χ3n) is 4.21. The van der Waals surface area contributed by atoms with Gasteiger partial charge in [-0.3, -0.25) is 0 Å². The second-order valence-corrected chi connectivity index (χ2v) is 6.21. The second kappa shape index (κ2) is 6.55. The first-order valence-electron chi connectivity index (χ1n) is 7.87. The highest BCUT2D eigenvalue weighted by Gasteiger charge is 2.25. The summed E-state index contributed by atoms with van der Waals surface area (Å²) in [5, 5.41) is 1.27. The average Bonchev–Trinajstić information content (AvgIpc) is 3.10. The van der Waals surface area contributed by atoms with E-state index in [0.717, 1.165) is 5.39 Å². The Kier molecular flexibility index (Phi) is 4.22. The first-order chi connectivity index (χ1) is 12.6. The highest BCUT2D eigenvalue weighted by atomic mass is 35.5. The van der Waals surface area contributed by atoms with E-state index in [1.165, 1.54) is 30.3 Å². The molecule has 1 unspecified atom stereocenters. The van der Waals surface area contributed by atoms with Crippen LogP contribution in [0, 0.1) is 11.6 Å². The number of allylic oxidation sites excluding steroid dienone is 2. The SMILES string of the molecule is COC1C=CC(Cl)=CN1c1ccc(F)c(-c2ccc3cc[nH]c3n2)c1F. The van der Waals surface area contributed by atoms with Crippen LogP contribution in [0.25, 0.3) is 22.3 Å². The quantitative estimate of drug-likeness (QED) is 0.707. The highest BCUT2D eigenvalue weighted by molar-refractivity contribution is 6.31. The average molecular weight is 374 g/mol. The van der Waals surface area contributed by atoms with Crippen molar-refractivity contribution >= 4 is 28.3 Å². The summed E-state index contributed by atoms with van der Waals surface area (Å²) >= 11 is 6.04. The first kappa shape index (κ1) is 16.8. The summed E-state index contributed by atoms with van der Waals surface area (Å²) in [5.41, 5.74) is 0.704. The summed E-state index contributed by atoms with van der Waals surface area (Å²) < 4.78 is 35.1. The molecule has 1 atom stereocenters. The zero-order valence-corrected chi connectivity index (χ0v) is 14.5. The molecule has 2 aromatic heterocycles. The Morgan fingerprint density at radius 3 is 2.85 bits per heavy atom. The molecule has 4 rings (SSSR count). The zero-order chi connectivity index (χ0) is 18.3. The number of benzene rings is 1. The molecule has 0 fully saturated rings. The Hall–Kier alpha value is -2.70. The fourth-order valence-electron chi connectivity index (χ4n) is 2.96. The number of H-pyrrole nitrogens is 1. The van der Waals surface area contributed by atoms with Gasteiger partial charge in [-0.15, -0.1) is 0 Å². The molecule has 0 saturated heterocycles. The lowest BCUT2D eigenvalue weighted by Gasteiger charge is -2.30. The smallest absolute Gasteiger partial charge is 0.159 e. The van der Waals surface area contributed by atoms with Gasteiger partial charge in [-0.2, -0.15) is 0 Å². The fraction of sp³-hybridized carbons (Fsp3) is 0.105. The number of hydrogen-bond acceptors (Lipinski definition) is 3. The van der Waals surface area contributed by atoms with Crippen LogP contribution in [-0.2, 0) is 4.74 Å². The maximum atomic E-state index is 15.3. The molecule has 3 aromatic rings. The number of halogens is 3. The Morgan fingerprint density at radius 1 is 1.19 bits per heavy atom. The van der Waals surface area contributed by atoms with Crippen LogP contribution in [0.5, 0.6) is 0 Å². The molecular formula is C19H14ClF2N3O. The minimum Gasteiger partial charge on any atom is -0.358 e. The summed E-state index contributed by atoms with van der Waals surface area (Å²) in [6, 6.07) is 7.76. The summed E-state index contributed by atoms with van der Waals surface area (Å²) in [6.45, 7) is 0. The number of ether oxygens (including phenoxy) is 1. The van der Waals surface area contributed by atoms with Crippen molar-refractivity contribution in [2.24, 2.45) is 0 Å². The fourth-order valence-corrected chi connectivity index (χ4v) is 3.14. The molecule has 1 aliphatic rings. The normalized spacial score (nSPS) is 17.0. The molecule has 0 radical (unpaired) electrons. The van der Waals surface area contributed by atoms with Crippen LogP contribution < -0.4 is 4.90 Å². The van der Waals surface area contributed by atoms with Crippen LogP contribution in [0.1, 0.15) is 0 Å². The van der Waals surface area contributed by atoms with Gasteiger partial charge in [0.15, 0.2) is 12.0 Å². The molecule has 1 aromatic carbocycles. The number of aromatic amines is 1. The van der Waals surface area contributed by atoms with Gasteiger partial charge in [0.1, 0.15) is 11.5 Å². The Bertz CT molecular complexity index is 1040. The van der Waals surface area contributed by atoms with Gasteiger partial charge in [-0.05, 0) is 42.5 Å². The third-order valence-corrected chi connectivity index (χ3v) is 4.44. The number of anilines is 1. The molecule has 4 nitrogen and oxygen atoms in total. The van der Waals surface area contributed by atoms with E-state index in [2.05, 4.69) is 9.97 Å². The molecule has 0 amide bonds. The molecule has 0 saturated carbocycles. The topological polar surface area (TPSA) is 41.1 Å². The Balaban J connectivity index is 1.86. The van der Waals surface area contributed by atoms with Crippen molar-refractivity contribution in [1.82, 2.24) is 9.97 Å². The standard InChI is InChI=1S/C19H14ClF2N3O/c1-26-16-7-3-12(20)10-25(16)15-6-4-13(21)17(18(15)22)14-5-2-11-8-9-23-19(11)24-14/h2-10,16H,1H3,(H,23,24). The van der Waals surface area contributed by atoms with Crippen molar-refractivity contribution in [1.29, 1.82) is 0 Å². The number of pyridine rings is 1. The number of methoxy groups -OCH3 is 1. The first-order valence-corrected chi connectivity index (χ1v) is 8.25. The number of aromatic nitrogens is 2. The lowest BCUT2D eigenvalue weighted by Crippen LogP contribution is -2.33. The summed E-state index contributed by atoms with van der Waals surface area (Å²) in [7, 11) is 1.50. The number of fused-ring (bicyclic) bond motifs is 1. The number of nitrogens with one attached hydrogen (secondary N) is 1. The predicted octanol–water partition coefficient (Wildman–Crippen LogP) is 4.94. The molecule has 7 heteroatoms. The summed E-state index contributed by atoms with van der Waals surface area (Å²) in [5.74, 6) is -1.43. The number of hydrogen-bond donors (Lipinski definition) is 1. The van der Waals surface area contributed by atoms with Crippen LogP contribution in [0.4, 0.5) is 14.5 Å². The molecule has 1 N–H and O–H groups in total. The Morgan fingerprint density at radius 2 is 2.04 bits per heavy atom. The van der Waals surface area contributed by atoms with E-state index >= 15 is 4.39 Å². The van der Waals surface area contributed by atoms with E-state index in [9.17, 15) is 4.39 Å². The van der Waals surface area contributed by atoms with Gasteiger partial charge >= 0.3 is 0 Å². The summed E-state index contributed by atoms with van der Waals surface area (Å²) in [6.07, 6.45) is 6.06. The molecular weight excluding hydrogens is 360 g/mol. The molecule has 0 aliphatic carbocycles. The molecule has 0 spiro atoms. The second-order valence-electron chi connectivity index (χ2n) is 5.77. The lowest BCUT2D eigenvalue weighted by molar-refractivity contribution is 0.143. The van der Waals surface area contributed by atoms with Crippen LogP contribution >= 0.6 is 11.6 Å². The van der Waals surface area contributed by atoms with Gasteiger partial charge in [0.05, 0.1) is 22.0 Å². The van der Waals surface area contributed by atoms with Crippen LogP contribution in [0.2, 0.25) is 0 Å². The van der Waals surface area contributed by atoms with Crippen molar-refractivity contribution in [3.8, 4) is 11.3 Å². The maximum Gasteiger partial charge on any atom is 0.159 e. The van der Waals surface area contributed by atoms with Crippen molar-refractivity contribution in [3.63, 3.8) is 0 Å². The van der Waals surface area contributed by atoms with Gasteiger partial charge in [0.25, 0.3) is 0 Å². The predicted molar refractivity (Wildman–Crippen MR) is 97.8 cm³/mol. The molecule has 26 heavy (non-hydrogen) atoms. The van der Waals surface area contributed by atoms with Gasteiger partial charge in [-0.1, -0.05) is 11.6 Å². The van der Waals surface area contributed by atoms with Crippen molar-refractivity contribution in [2.75, 3.05) is 12.0 Å². The van der Waals surface area contributed by atoms with E-state index in [4.69, 9.17) is 16.3 Å². The molecule has 3 heterocycles. The molecule has 0 bridgehead atoms. The van der Waals surface area contributed by atoms with E-state index < -0.39 is 17.9 Å². The third kappa shape index (κ3) is 2.77.